The molecule has 0 radical (unpaired) electrons. The highest BCUT2D eigenvalue weighted by Gasteiger charge is 2.24. The van der Waals surface area contributed by atoms with E-state index in [4.69, 9.17) is 4.98 Å². The van der Waals surface area contributed by atoms with Gasteiger partial charge in [-0.1, -0.05) is 59.9 Å². The van der Waals surface area contributed by atoms with Crippen LogP contribution in [-0.2, 0) is 0 Å². The number of anilines is 1. The van der Waals surface area contributed by atoms with Crippen molar-refractivity contribution >= 4 is 55.9 Å². The van der Waals surface area contributed by atoms with E-state index in [2.05, 4.69) is 4.98 Å². The van der Waals surface area contributed by atoms with E-state index in [1.165, 1.54) is 23.5 Å². The number of hydrogen-bond acceptors (Lipinski definition) is 5. The van der Waals surface area contributed by atoms with Crippen LogP contribution in [0, 0.1) is 5.82 Å². The maximum atomic E-state index is 14.1. The summed E-state index contributed by atoms with van der Waals surface area (Å²) in [6.07, 6.45) is 0. The monoisotopic (exact) mass is 506 g/mol. The van der Waals surface area contributed by atoms with Crippen LogP contribution in [0.2, 0.25) is 0 Å². The smallest absolute Gasteiger partial charge is 0.260 e. The molecule has 0 aliphatic heterocycles. The molecule has 5 aromatic rings. The number of benzene rings is 3. The van der Waals surface area contributed by atoms with Gasteiger partial charge in [0.05, 0.1) is 27.0 Å². The zero-order valence-corrected chi connectivity index (χ0v) is 20.9. The number of carbonyl (C=O) groups excluding carboxylic acids is 1. The Morgan fingerprint density at radius 3 is 2.40 bits per heavy atom. The van der Waals surface area contributed by atoms with Crippen molar-refractivity contribution in [2.24, 2.45) is 0 Å². The Hall–Kier alpha value is -3.39. The first-order valence-electron chi connectivity index (χ1n) is 11.0. The first-order chi connectivity index (χ1) is 16.5. The van der Waals surface area contributed by atoms with E-state index in [9.17, 15) is 9.18 Å². The van der Waals surface area contributed by atoms with E-state index in [0.29, 0.717) is 34.0 Å². The molecule has 35 heavy (non-hydrogen) atoms. The highest BCUT2D eigenvalue weighted by atomic mass is 35.5. The molecule has 2 heterocycles. The molecule has 0 fully saturated rings. The lowest BCUT2D eigenvalue weighted by molar-refractivity contribution is 0.0986. The number of para-hydroxylation sites is 1. The number of nitrogens with zero attached hydrogens (tertiary/aromatic N) is 4. The average Bonchev–Trinajstić information content (AvgIpc) is 3.26. The van der Waals surface area contributed by atoms with Crippen LogP contribution in [0.25, 0.3) is 32.4 Å². The molecule has 178 valence electrons. The molecule has 0 spiro atoms. The van der Waals surface area contributed by atoms with Gasteiger partial charge in [0.15, 0.2) is 5.13 Å². The van der Waals surface area contributed by atoms with Crippen molar-refractivity contribution < 1.29 is 9.18 Å². The number of hydrogen-bond donors (Lipinski definition) is 0. The molecule has 0 unspecified atom stereocenters. The SMILES string of the molecule is CN(C)CCN(C(=O)c1cc(-c2ccccc2)nc2ccccc12)c1nc2ccc(F)cc2s1.Cl. The summed E-state index contributed by atoms with van der Waals surface area (Å²) in [7, 11) is 3.93. The van der Waals surface area contributed by atoms with Crippen LogP contribution in [-0.4, -0.2) is 48.0 Å². The number of amides is 1. The Bertz CT molecular complexity index is 1490. The topological polar surface area (TPSA) is 49.3 Å². The van der Waals surface area contributed by atoms with Gasteiger partial charge in [-0.05, 0) is 44.4 Å². The van der Waals surface area contributed by atoms with E-state index in [0.717, 1.165) is 22.2 Å². The van der Waals surface area contributed by atoms with Gasteiger partial charge in [0.2, 0.25) is 0 Å². The minimum absolute atomic E-state index is 0. The standard InChI is InChI=1S/C27H23FN4OS.ClH/c1-31(2)14-15-32(27-30-23-13-12-19(28)16-25(23)34-27)26(33)21-17-24(18-8-4-3-5-9-18)29-22-11-7-6-10-20(21)22;/h3-13,16-17H,14-15H2,1-2H3;1H. The lowest BCUT2D eigenvalue weighted by atomic mass is 10.0. The lowest BCUT2D eigenvalue weighted by Gasteiger charge is -2.23. The molecule has 8 heteroatoms. The molecule has 5 nitrogen and oxygen atoms in total. The van der Waals surface area contributed by atoms with Gasteiger partial charge >= 0.3 is 0 Å². The van der Waals surface area contributed by atoms with E-state index in [1.807, 2.05) is 79.7 Å². The molecule has 3 aromatic carbocycles. The molecule has 0 aliphatic carbocycles. The molecular formula is C27H24ClFN4OS. The number of halogens is 2. The summed E-state index contributed by atoms with van der Waals surface area (Å²) < 4.78 is 14.5. The second kappa shape index (κ2) is 10.5. The van der Waals surface area contributed by atoms with E-state index in [-0.39, 0.29) is 24.1 Å². The highest BCUT2D eigenvalue weighted by Crippen LogP contribution is 2.32. The normalized spacial score (nSPS) is 11.1. The lowest BCUT2D eigenvalue weighted by Crippen LogP contribution is -2.37. The second-order valence-corrected chi connectivity index (χ2v) is 9.32. The van der Waals surface area contributed by atoms with Gasteiger partial charge in [0.25, 0.3) is 5.91 Å². The highest BCUT2D eigenvalue weighted by molar-refractivity contribution is 7.22. The minimum atomic E-state index is -0.318. The molecule has 1 amide bonds. The van der Waals surface area contributed by atoms with E-state index in [1.54, 1.807) is 11.0 Å². The van der Waals surface area contributed by atoms with Crippen LogP contribution in [0.3, 0.4) is 0 Å². The fourth-order valence-corrected chi connectivity index (χ4v) is 4.86. The summed E-state index contributed by atoms with van der Waals surface area (Å²) in [4.78, 5) is 27.3. The van der Waals surface area contributed by atoms with Crippen molar-refractivity contribution in [1.82, 2.24) is 14.9 Å². The Morgan fingerprint density at radius 1 is 0.886 bits per heavy atom. The van der Waals surface area contributed by atoms with Gasteiger partial charge in [0, 0.05) is 24.0 Å². The average molecular weight is 507 g/mol. The second-order valence-electron chi connectivity index (χ2n) is 8.31. The number of rotatable bonds is 6. The molecule has 5 rings (SSSR count). The Morgan fingerprint density at radius 2 is 1.63 bits per heavy atom. The van der Waals surface area contributed by atoms with E-state index < -0.39 is 0 Å². The molecule has 0 N–H and O–H groups in total. The van der Waals surface area contributed by atoms with Gasteiger partial charge in [-0.3, -0.25) is 9.69 Å². The number of likely N-dealkylation sites (N-methyl/N-ethyl adjacent to an activating group) is 1. The zero-order valence-electron chi connectivity index (χ0n) is 19.3. The van der Waals surface area contributed by atoms with E-state index >= 15 is 0 Å². The summed E-state index contributed by atoms with van der Waals surface area (Å²) in [5.41, 5.74) is 3.67. The predicted octanol–water partition coefficient (Wildman–Crippen LogP) is 6.28. The van der Waals surface area contributed by atoms with Crippen LogP contribution in [0.5, 0.6) is 0 Å². The molecule has 0 aliphatic rings. The third kappa shape index (κ3) is 5.17. The van der Waals surface area contributed by atoms with Crippen molar-refractivity contribution in [3.63, 3.8) is 0 Å². The van der Waals surface area contributed by atoms with Crippen molar-refractivity contribution in [2.75, 3.05) is 32.1 Å². The molecular weight excluding hydrogens is 483 g/mol. The Balaban J connectivity index is 0.00000289. The largest absolute Gasteiger partial charge is 0.308 e. The first-order valence-corrected chi connectivity index (χ1v) is 11.8. The van der Waals surface area contributed by atoms with Crippen molar-refractivity contribution in [3.8, 4) is 11.3 Å². The third-order valence-corrected chi connectivity index (χ3v) is 6.64. The van der Waals surface area contributed by atoms with Gasteiger partial charge in [-0.15, -0.1) is 12.4 Å². The number of carbonyl (C=O) groups is 1. The fraction of sp³-hybridized carbons (Fsp3) is 0.148. The maximum absolute atomic E-state index is 14.1. The van der Waals surface area contributed by atoms with Gasteiger partial charge < -0.3 is 4.90 Å². The van der Waals surface area contributed by atoms with Gasteiger partial charge in [-0.2, -0.15) is 0 Å². The summed E-state index contributed by atoms with van der Waals surface area (Å²) >= 11 is 1.32. The molecule has 2 aromatic heterocycles. The Labute approximate surface area is 213 Å². The minimum Gasteiger partial charge on any atom is -0.308 e. The van der Waals surface area contributed by atoms with Crippen LogP contribution >= 0.6 is 23.7 Å². The maximum Gasteiger partial charge on any atom is 0.260 e. The van der Waals surface area contributed by atoms with Crippen LogP contribution < -0.4 is 4.90 Å². The van der Waals surface area contributed by atoms with Crippen molar-refractivity contribution in [1.29, 1.82) is 0 Å². The summed E-state index contributed by atoms with van der Waals surface area (Å²) in [6.45, 7) is 1.11. The summed E-state index contributed by atoms with van der Waals surface area (Å²) in [5.74, 6) is -0.473. The van der Waals surface area contributed by atoms with Gasteiger partial charge in [-0.25, -0.2) is 14.4 Å². The molecule has 0 bridgehead atoms. The third-order valence-electron chi connectivity index (χ3n) is 5.60. The molecule has 0 saturated carbocycles. The number of aromatic nitrogens is 2. The summed E-state index contributed by atoms with van der Waals surface area (Å²) in [5, 5.41) is 1.34. The first kappa shape index (κ1) is 24.7. The number of fused-ring (bicyclic) bond motifs is 2. The number of pyridine rings is 1. The van der Waals surface area contributed by atoms with Crippen LogP contribution in [0.1, 0.15) is 10.4 Å². The fourth-order valence-electron chi connectivity index (χ4n) is 3.84. The van der Waals surface area contributed by atoms with Crippen LogP contribution in [0.4, 0.5) is 9.52 Å². The predicted molar refractivity (Wildman–Crippen MR) is 144 cm³/mol. The Kier molecular flexibility index (Phi) is 7.40. The molecule has 0 saturated heterocycles. The zero-order chi connectivity index (χ0) is 23.7. The quantitative estimate of drug-likeness (QED) is 0.272. The molecule has 0 atom stereocenters. The van der Waals surface area contributed by atoms with Crippen LogP contribution in [0.15, 0.2) is 78.9 Å². The summed E-state index contributed by atoms with van der Waals surface area (Å²) in [6, 6.07) is 23.9. The number of thiazole rings is 1. The van der Waals surface area contributed by atoms with Crippen molar-refractivity contribution in [3.05, 3.63) is 90.2 Å². The van der Waals surface area contributed by atoms with Crippen molar-refractivity contribution in [2.45, 2.75) is 0 Å². The van der Waals surface area contributed by atoms with Gasteiger partial charge in [0.1, 0.15) is 5.82 Å².